The number of rotatable bonds is 3. The molecule has 0 aromatic heterocycles. The smallest absolute Gasteiger partial charge is 0.0691 e. The minimum atomic E-state index is -0.0591. The average molecular weight is 224 g/mol. The van der Waals surface area contributed by atoms with Gasteiger partial charge in [0.25, 0.3) is 0 Å². The maximum absolute atomic E-state index is 6.64. The number of hydrogen-bond donors (Lipinski definition) is 2. The van der Waals surface area contributed by atoms with Crippen molar-refractivity contribution < 1.29 is 4.74 Å². The van der Waals surface area contributed by atoms with Crippen molar-refractivity contribution in [1.29, 1.82) is 0 Å². The van der Waals surface area contributed by atoms with E-state index in [0.29, 0.717) is 12.0 Å². The molecule has 5 unspecified atom stereocenters. The number of fused-ring (bicyclic) bond motifs is 1. The highest BCUT2D eigenvalue weighted by molar-refractivity contribution is 5.21. The molecule has 92 valence electrons. The molecule has 3 nitrogen and oxygen atoms in total. The van der Waals surface area contributed by atoms with Gasteiger partial charge in [0.1, 0.15) is 0 Å². The minimum Gasteiger partial charge on any atom is -0.377 e. The summed E-state index contributed by atoms with van der Waals surface area (Å²) >= 11 is 0. The van der Waals surface area contributed by atoms with Crippen LogP contribution in [0.5, 0.6) is 0 Å². The van der Waals surface area contributed by atoms with Crippen molar-refractivity contribution in [1.82, 2.24) is 5.32 Å². The summed E-state index contributed by atoms with van der Waals surface area (Å²) in [7, 11) is 0. The molecule has 16 heavy (non-hydrogen) atoms. The van der Waals surface area contributed by atoms with Gasteiger partial charge in [-0.1, -0.05) is 20.8 Å². The molecule has 1 aliphatic heterocycles. The van der Waals surface area contributed by atoms with Gasteiger partial charge in [0.05, 0.1) is 6.10 Å². The van der Waals surface area contributed by atoms with Gasteiger partial charge in [-0.05, 0) is 18.8 Å². The molecule has 0 amide bonds. The predicted octanol–water partition coefficient (Wildman–Crippen LogP) is 1.13. The van der Waals surface area contributed by atoms with Gasteiger partial charge < -0.3 is 15.8 Å². The van der Waals surface area contributed by atoms with E-state index in [1.54, 1.807) is 0 Å². The zero-order chi connectivity index (χ0) is 11.6. The maximum Gasteiger partial charge on any atom is 0.0691 e. The van der Waals surface area contributed by atoms with Crippen LogP contribution in [0.1, 0.15) is 33.6 Å². The quantitative estimate of drug-likeness (QED) is 0.755. The second-order valence-electron chi connectivity index (χ2n) is 6.65. The Hall–Kier alpha value is -0.120. The molecular formula is C13H24N2O. The van der Waals surface area contributed by atoms with E-state index < -0.39 is 0 Å². The molecule has 5 atom stereocenters. The first-order chi connectivity index (χ1) is 7.47. The van der Waals surface area contributed by atoms with Gasteiger partial charge >= 0.3 is 0 Å². The third kappa shape index (κ3) is 1.25. The van der Waals surface area contributed by atoms with Crippen LogP contribution in [0.25, 0.3) is 0 Å². The van der Waals surface area contributed by atoms with E-state index in [-0.39, 0.29) is 11.0 Å². The summed E-state index contributed by atoms with van der Waals surface area (Å²) in [5.41, 5.74) is 6.71. The van der Waals surface area contributed by atoms with Crippen LogP contribution in [-0.2, 0) is 4.74 Å². The summed E-state index contributed by atoms with van der Waals surface area (Å²) in [4.78, 5) is 0. The van der Waals surface area contributed by atoms with Gasteiger partial charge in [0.15, 0.2) is 0 Å². The Labute approximate surface area is 98.1 Å². The number of nitrogens with one attached hydrogen (secondary N) is 1. The molecule has 1 heterocycles. The summed E-state index contributed by atoms with van der Waals surface area (Å²) in [6.07, 6.45) is 2.86. The second-order valence-corrected chi connectivity index (χ2v) is 6.65. The molecule has 2 aliphatic carbocycles. The molecule has 0 radical (unpaired) electrons. The molecule has 0 bridgehead atoms. The summed E-state index contributed by atoms with van der Waals surface area (Å²) in [5, 5.41) is 3.64. The van der Waals surface area contributed by atoms with Crippen molar-refractivity contribution >= 4 is 0 Å². The Morgan fingerprint density at radius 1 is 1.44 bits per heavy atom. The standard InChI is InChI=1S/C13H24N2O/c1-8-6-10(8)15-7-13(14)9-4-5-16-11(9)12(13,2)3/h8-11,15H,4-7,14H2,1-3H3. The zero-order valence-corrected chi connectivity index (χ0v) is 10.6. The summed E-state index contributed by atoms with van der Waals surface area (Å²) in [6, 6.07) is 0.720. The summed E-state index contributed by atoms with van der Waals surface area (Å²) in [5.74, 6) is 1.42. The Balaban J connectivity index is 1.67. The van der Waals surface area contributed by atoms with E-state index in [1.165, 1.54) is 6.42 Å². The van der Waals surface area contributed by atoms with Gasteiger partial charge in [-0.15, -0.1) is 0 Å². The summed E-state index contributed by atoms with van der Waals surface area (Å²) < 4.78 is 5.80. The van der Waals surface area contributed by atoms with Crippen LogP contribution in [-0.4, -0.2) is 30.8 Å². The Morgan fingerprint density at radius 2 is 2.12 bits per heavy atom. The highest BCUT2D eigenvalue weighted by Crippen LogP contribution is 2.57. The maximum atomic E-state index is 6.64. The van der Waals surface area contributed by atoms with Gasteiger partial charge in [-0.25, -0.2) is 0 Å². The lowest BCUT2D eigenvalue weighted by Crippen LogP contribution is -2.78. The lowest BCUT2D eigenvalue weighted by atomic mass is 9.48. The fourth-order valence-corrected chi connectivity index (χ4v) is 3.74. The van der Waals surface area contributed by atoms with E-state index in [2.05, 4.69) is 26.1 Å². The van der Waals surface area contributed by atoms with E-state index in [1.807, 2.05) is 0 Å². The van der Waals surface area contributed by atoms with Crippen LogP contribution in [0.4, 0.5) is 0 Å². The van der Waals surface area contributed by atoms with Crippen LogP contribution in [0.15, 0.2) is 0 Å². The highest BCUT2D eigenvalue weighted by Gasteiger charge is 2.67. The van der Waals surface area contributed by atoms with Crippen molar-refractivity contribution in [3.63, 3.8) is 0 Å². The molecular weight excluding hydrogens is 200 g/mol. The van der Waals surface area contributed by atoms with E-state index in [9.17, 15) is 0 Å². The number of nitrogens with two attached hydrogens (primary N) is 1. The number of ether oxygens (including phenoxy) is 1. The fourth-order valence-electron chi connectivity index (χ4n) is 3.74. The van der Waals surface area contributed by atoms with Crippen LogP contribution >= 0.6 is 0 Å². The minimum absolute atomic E-state index is 0.0591. The summed E-state index contributed by atoms with van der Waals surface area (Å²) in [6.45, 7) is 8.68. The molecule has 3 aliphatic rings. The van der Waals surface area contributed by atoms with Gasteiger partial charge in [0, 0.05) is 36.1 Å². The van der Waals surface area contributed by atoms with Crippen molar-refractivity contribution in [3.05, 3.63) is 0 Å². The van der Waals surface area contributed by atoms with E-state index in [0.717, 1.165) is 31.5 Å². The average Bonchev–Trinajstić information content (AvgIpc) is 2.78. The second kappa shape index (κ2) is 3.21. The molecule has 2 saturated carbocycles. The first kappa shape index (κ1) is 11.0. The Bertz CT molecular complexity index is 304. The molecule has 3 heteroatoms. The third-order valence-corrected chi connectivity index (χ3v) is 5.43. The normalized spacial score (nSPS) is 53.2. The van der Waals surface area contributed by atoms with Crippen molar-refractivity contribution in [2.45, 2.75) is 51.3 Å². The monoisotopic (exact) mass is 224 g/mol. The van der Waals surface area contributed by atoms with Crippen molar-refractivity contribution in [2.75, 3.05) is 13.2 Å². The van der Waals surface area contributed by atoms with Crippen LogP contribution in [0.2, 0.25) is 0 Å². The van der Waals surface area contributed by atoms with E-state index in [4.69, 9.17) is 10.5 Å². The SMILES string of the molecule is CC1CC1NCC1(N)C2CCOC2C1(C)C. The molecule has 0 aromatic rings. The molecule has 0 spiro atoms. The first-order valence-corrected chi connectivity index (χ1v) is 6.60. The number of hydrogen-bond acceptors (Lipinski definition) is 3. The topological polar surface area (TPSA) is 47.3 Å². The van der Waals surface area contributed by atoms with Crippen LogP contribution in [0.3, 0.4) is 0 Å². The van der Waals surface area contributed by atoms with Crippen LogP contribution in [0, 0.1) is 17.3 Å². The molecule has 0 aromatic carbocycles. The zero-order valence-electron chi connectivity index (χ0n) is 10.6. The lowest BCUT2D eigenvalue weighted by molar-refractivity contribution is -0.153. The van der Waals surface area contributed by atoms with Crippen molar-refractivity contribution in [2.24, 2.45) is 23.0 Å². The van der Waals surface area contributed by atoms with Gasteiger partial charge in [0.2, 0.25) is 0 Å². The largest absolute Gasteiger partial charge is 0.377 e. The van der Waals surface area contributed by atoms with E-state index >= 15 is 0 Å². The molecule has 3 fully saturated rings. The fraction of sp³-hybridized carbons (Fsp3) is 1.00. The lowest BCUT2D eigenvalue weighted by Gasteiger charge is -2.62. The molecule has 1 saturated heterocycles. The third-order valence-electron chi connectivity index (χ3n) is 5.43. The molecule has 3 N–H and O–H groups in total. The van der Waals surface area contributed by atoms with Crippen LogP contribution < -0.4 is 11.1 Å². The predicted molar refractivity (Wildman–Crippen MR) is 64.1 cm³/mol. The first-order valence-electron chi connectivity index (χ1n) is 6.60. The van der Waals surface area contributed by atoms with Gasteiger partial charge in [-0.3, -0.25) is 0 Å². The highest BCUT2D eigenvalue weighted by atomic mass is 16.5. The Kier molecular flexibility index (Phi) is 2.21. The van der Waals surface area contributed by atoms with Crippen molar-refractivity contribution in [3.8, 4) is 0 Å². The van der Waals surface area contributed by atoms with Gasteiger partial charge in [-0.2, -0.15) is 0 Å². The Morgan fingerprint density at radius 3 is 2.75 bits per heavy atom. The molecule has 3 rings (SSSR count).